The lowest BCUT2D eigenvalue weighted by molar-refractivity contribution is 0.626. The number of aromatic nitrogens is 5. The van der Waals surface area contributed by atoms with Crippen molar-refractivity contribution in [3.05, 3.63) is 81.6 Å². The van der Waals surface area contributed by atoms with Crippen LogP contribution in [-0.4, -0.2) is 24.5 Å². The van der Waals surface area contributed by atoms with E-state index in [1.54, 1.807) is 36.4 Å². The molecule has 4 aromatic rings. The number of rotatable bonds is 3. The first kappa shape index (κ1) is 15.5. The molecule has 8 heteroatoms. The Bertz CT molecular complexity index is 1120. The van der Waals surface area contributed by atoms with Gasteiger partial charge in [-0.05, 0) is 35.9 Å². The standard InChI is InChI=1S/C17H11ClFN5O/c18-12-2-1-3-14(8-12)24-16-15(21-22-24)17(25)23(10-20-16)9-11-4-6-13(19)7-5-11/h1-8,10H,9H2. The highest BCUT2D eigenvalue weighted by Gasteiger charge is 2.13. The van der Waals surface area contributed by atoms with Gasteiger partial charge >= 0.3 is 0 Å². The Morgan fingerprint density at radius 1 is 1.12 bits per heavy atom. The fraction of sp³-hybridized carbons (Fsp3) is 0.0588. The molecule has 25 heavy (non-hydrogen) atoms. The van der Waals surface area contributed by atoms with Crippen molar-refractivity contribution < 1.29 is 4.39 Å². The zero-order valence-corrected chi connectivity index (χ0v) is 13.6. The van der Waals surface area contributed by atoms with Gasteiger partial charge in [-0.3, -0.25) is 9.36 Å². The zero-order valence-electron chi connectivity index (χ0n) is 12.8. The molecular formula is C17H11ClFN5O. The molecule has 0 aliphatic carbocycles. The monoisotopic (exact) mass is 355 g/mol. The quantitative estimate of drug-likeness (QED) is 0.567. The highest BCUT2D eigenvalue weighted by Crippen LogP contribution is 2.16. The van der Waals surface area contributed by atoms with E-state index in [9.17, 15) is 9.18 Å². The number of halogens is 2. The van der Waals surface area contributed by atoms with Gasteiger partial charge in [-0.15, -0.1) is 5.10 Å². The largest absolute Gasteiger partial charge is 0.293 e. The van der Waals surface area contributed by atoms with Gasteiger partial charge in [0, 0.05) is 5.02 Å². The SMILES string of the molecule is O=c1c2nnn(-c3cccc(Cl)c3)c2ncn1Cc1ccc(F)cc1. The van der Waals surface area contributed by atoms with E-state index in [-0.39, 0.29) is 23.4 Å². The number of hydrogen-bond donors (Lipinski definition) is 0. The van der Waals surface area contributed by atoms with Gasteiger partial charge < -0.3 is 0 Å². The Labute approximate surface area is 146 Å². The molecule has 4 rings (SSSR count). The maximum absolute atomic E-state index is 13.0. The third-order valence-electron chi connectivity index (χ3n) is 3.75. The van der Waals surface area contributed by atoms with Crippen molar-refractivity contribution in [2.45, 2.75) is 6.54 Å². The van der Waals surface area contributed by atoms with Gasteiger partial charge in [0.05, 0.1) is 12.2 Å². The molecule has 0 saturated carbocycles. The first-order chi connectivity index (χ1) is 12.1. The highest BCUT2D eigenvalue weighted by atomic mass is 35.5. The van der Waals surface area contributed by atoms with E-state index in [1.165, 1.54) is 27.7 Å². The summed E-state index contributed by atoms with van der Waals surface area (Å²) in [5.74, 6) is -0.325. The van der Waals surface area contributed by atoms with Crippen LogP contribution in [0.2, 0.25) is 5.02 Å². The van der Waals surface area contributed by atoms with Gasteiger partial charge in [0.25, 0.3) is 5.56 Å². The fourth-order valence-corrected chi connectivity index (χ4v) is 2.71. The molecule has 0 N–H and O–H groups in total. The van der Waals surface area contributed by atoms with E-state index in [0.717, 1.165) is 5.56 Å². The maximum Gasteiger partial charge on any atom is 0.283 e. The molecule has 0 amide bonds. The minimum atomic E-state index is -0.325. The topological polar surface area (TPSA) is 65.6 Å². The number of benzene rings is 2. The Morgan fingerprint density at radius 3 is 2.68 bits per heavy atom. The van der Waals surface area contributed by atoms with Crippen molar-refractivity contribution in [1.82, 2.24) is 24.5 Å². The molecule has 0 aliphatic heterocycles. The number of nitrogens with zero attached hydrogens (tertiary/aromatic N) is 5. The first-order valence-corrected chi connectivity index (χ1v) is 7.81. The predicted molar refractivity (Wildman–Crippen MR) is 91.4 cm³/mol. The van der Waals surface area contributed by atoms with Crippen LogP contribution in [0.15, 0.2) is 59.7 Å². The zero-order chi connectivity index (χ0) is 17.4. The molecule has 2 heterocycles. The number of fused-ring (bicyclic) bond motifs is 1. The Balaban J connectivity index is 1.77. The second kappa shape index (κ2) is 6.10. The first-order valence-electron chi connectivity index (χ1n) is 7.43. The van der Waals surface area contributed by atoms with E-state index >= 15 is 0 Å². The van der Waals surface area contributed by atoms with Crippen molar-refractivity contribution >= 4 is 22.8 Å². The maximum atomic E-state index is 13.0. The summed E-state index contributed by atoms with van der Waals surface area (Å²) < 4.78 is 15.9. The lowest BCUT2D eigenvalue weighted by Crippen LogP contribution is -2.21. The molecular weight excluding hydrogens is 345 g/mol. The molecule has 2 aromatic heterocycles. The minimum absolute atomic E-state index is 0.157. The summed E-state index contributed by atoms with van der Waals surface area (Å²) in [5, 5.41) is 8.51. The van der Waals surface area contributed by atoms with Crippen LogP contribution in [0.1, 0.15) is 5.56 Å². The summed E-state index contributed by atoms with van der Waals surface area (Å²) in [6.07, 6.45) is 1.43. The van der Waals surface area contributed by atoms with Crippen LogP contribution >= 0.6 is 11.6 Å². The predicted octanol–water partition coefficient (Wildman–Crippen LogP) is 2.82. The van der Waals surface area contributed by atoms with Gasteiger partial charge in [-0.25, -0.2) is 9.37 Å². The molecule has 0 spiro atoms. The van der Waals surface area contributed by atoms with Gasteiger partial charge in [-0.2, -0.15) is 4.68 Å². The van der Waals surface area contributed by atoms with Gasteiger partial charge in [0.15, 0.2) is 11.2 Å². The molecule has 0 fully saturated rings. The smallest absolute Gasteiger partial charge is 0.283 e. The highest BCUT2D eigenvalue weighted by molar-refractivity contribution is 6.30. The summed E-state index contributed by atoms with van der Waals surface area (Å²) in [6.45, 7) is 0.270. The van der Waals surface area contributed by atoms with Crippen LogP contribution < -0.4 is 5.56 Å². The van der Waals surface area contributed by atoms with Crippen molar-refractivity contribution in [2.75, 3.05) is 0 Å². The Hall–Kier alpha value is -3.06. The molecule has 0 atom stereocenters. The average molecular weight is 356 g/mol. The van der Waals surface area contributed by atoms with Crippen molar-refractivity contribution in [3.8, 4) is 5.69 Å². The lowest BCUT2D eigenvalue weighted by atomic mass is 10.2. The summed E-state index contributed by atoms with van der Waals surface area (Å²) >= 11 is 6.00. The minimum Gasteiger partial charge on any atom is -0.293 e. The molecule has 0 unspecified atom stereocenters. The van der Waals surface area contributed by atoms with Crippen LogP contribution in [0, 0.1) is 5.82 Å². The van der Waals surface area contributed by atoms with E-state index < -0.39 is 0 Å². The second-order valence-electron chi connectivity index (χ2n) is 5.46. The van der Waals surface area contributed by atoms with Crippen LogP contribution in [0.3, 0.4) is 0 Å². The third kappa shape index (κ3) is 2.89. The molecule has 0 radical (unpaired) electrons. The van der Waals surface area contributed by atoms with Gasteiger partial charge in [-0.1, -0.05) is 35.0 Å². The summed E-state index contributed by atoms with van der Waals surface area (Å²) in [5.41, 5.74) is 1.64. The Kier molecular flexibility index (Phi) is 3.77. The fourth-order valence-electron chi connectivity index (χ4n) is 2.52. The Morgan fingerprint density at radius 2 is 1.92 bits per heavy atom. The molecule has 2 aromatic carbocycles. The summed E-state index contributed by atoms with van der Waals surface area (Å²) in [7, 11) is 0. The van der Waals surface area contributed by atoms with Crippen LogP contribution in [0.4, 0.5) is 4.39 Å². The lowest BCUT2D eigenvalue weighted by Gasteiger charge is -2.06. The van der Waals surface area contributed by atoms with Crippen LogP contribution in [-0.2, 0) is 6.54 Å². The van der Waals surface area contributed by atoms with E-state index in [4.69, 9.17) is 11.6 Å². The third-order valence-corrected chi connectivity index (χ3v) is 3.98. The second-order valence-corrected chi connectivity index (χ2v) is 5.89. The van der Waals surface area contributed by atoms with E-state index in [0.29, 0.717) is 16.4 Å². The molecule has 124 valence electrons. The molecule has 6 nitrogen and oxygen atoms in total. The van der Waals surface area contributed by atoms with Gasteiger partial charge in [0.2, 0.25) is 0 Å². The van der Waals surface area contributed by atoms with E-state index in [2.05, 4.69) is 15.3 Å². The molecule has 0 bridgehead atoms. The van der Waals surface area contributed by atoms with Crippen LogP contribution in [0.25, 0.3) is 16.9 Å². The molecule has 0 aliphatic rings. The number of hydrogen-bond acceptors (Lipinski definition) is 4. The van der Waals surface area contributed by atoms with Gasteiger partial charge in [0.1, 0.15) is 12.1 Å². The summed E-state index contributed by atoms with van der Waals surface area (Å²) in [4.78, 5) is 16.9. The van der Waals surface area contributed by atoms with Crippen molar-refractivity contribution in [1.29, 1.82) is 0 Å². The summed E-state index contributed by atoms with van der Waals surface area (Å²) in [6, 6.07) is 13.0. The van der Waals surface area contributed by atoms with Crippen LogP contribution in [0.5, 0.6) is 0 Å². The molecule has 0 saturated heterocycles. The van der Waals surface area contributed by atoms with Crippen molar-refractivity contribution in [3.63, 3.8) is 0 Å². The van der Waals surface area contributed by atoms with Crippen molar-refractivity contribution in [2.24, 2.45) is 0 Å². The van der Waals surface area contributed by atoms with E-state index in [1.807, 2.05) is 0 Å². The normalized spacial score (nSPS) is 11.1. The average Bonchev–Trinajstić information content (AvgIpc) is 3.04.